The summed E-state index contributed by atoms with van der Waals surface area (Å²) in [7, 11) is 0. The first-order valence-corrected chi connectivity index (χ1v) is 9.01. The van der Waals surface area contributed by atoms with Crippen LogP contribution in [0.15, 0.2) is 30.3 Å². The Hall–Kier alpha value is -3.37. The van der Waals surface area contributed by atoms with E-state index in [0.717, 1.165) is 0 Å². The maximum Gasteiger partial charge on any atom is 0.408 e. The molecule has 0 fully saturated rings. The number of carbonyl (C=O) groups is 2. The highest BCUT2D eigenvalue weighted by molar-refractivity contribution is 5.81. The monoisotopic (exact) mass is 444 g/mol. The summed E-state index contributed by atoms with van der Waals surface area (Å²) < 4.78 is 68.9. The molecule has 11 heteroatoms. The zero-order valence-corrected chi connectivity index (χ0v) is 16.9. The van der Waals surface area contributed by atoms with Crippen LogP contribution in [0.3, 0.4) is 0 Å². The van der Waals surface area contributed by atoms with Crippen LogP contribution >= 0.6 is 0 Å². The van der Waals surface area contributed by atoms with Crippen molar-refractivity contribution in [3.63, 3.8) is 0 Å². The Morgan fingerprint density at radius 3 is 2.16 bits per heavy atom. The van der Waals surface area contributed by atoms with Gasteiger partial charge in [-0.25, -0.2) is 9.59 Å². The number of ether oxygens (including phenoxy) is 3. The second kappa shape index (κ2) is 10.1. The van der Waals surface area contributed by atoms with Crippen LogP contribution in [0.4, 0.5) is 22.4 Å². The summed E-state index contributed by atoms with van der Waals surface area (Å²) in [6, 6.07) is 6.90. The molecule has 2 rings (SSSR count). The van der Waals surface area contributed by atoms with Crippen molar-refractivity contribution >= 4 is 12.1 Å². The molecule has 31 heavy (non-hydrogen) atoms. The summed E-state index contributed by atoms with van der Waals surface area (Å²) in [5.41, 5.74) is -0.290. The Bertz CT molecular complexity index is 909. The third kappa shape index (κ3) is 7.12. The zero-order chi connectivity index (χ0) is 23.2. The molecular formula is C20H20F4N2O5. The molecule has 2 aromatic rings. The molecule has 1 N–H and O–H groups in total. The van der Waals surface area contributed by atoms with E-state index in [9.17, 15) is 27.2 Å². The first kappa shape index (κ1) is 23.9. The lowest BCUT2D eigenvalue weighted by Crippen LogP contribution is -2.47. The lowest BCUT2D eigenvalue weighted by molar-refractivity contribution is -0.148. The first-order chi connectivity index (χ1) is 14.5. The van der Waals surface area contributed by atoms with E-state index in [-0.39, 0.29) is 6.61 Å². The molecule has 1 atom stereocenters. The quantitative estimate of drug-likeness (QED) is 0.399. The summed E-state index contributed by atoms with van der Waals surface area (Å²) in [5, 5.41) is 2.14. The first-order valence-electron chi connectivity index (χ1n) is 9.01. The third-order valence-corrected chi connectivity index (χ3v) is 3.55. The van der Waals surface area contributed by atoms with Gasteiger partial charge in [-0.2, -0.15) is 22.5 Å². The second-order valence-electron chi connectivity index (χ2n) is 7.25. The highest BCUT2D eigenvalue weighted by atomic mass is 19.2. The Morgan fingerprint density at radius 1 is 1.03 bits per heavy atom. The van der Waals surface area contributed by atoms with Crippen LogP contribution in [-0.4, -0.2) is 35.3 Å². The van der Waals surface area contributed by atoms with Crippen molar-refractivity contribution in [2.45, 2.75) is 39.0 Å². The van der Waals surface area contributed by atoms with Gasteiger partial charge in [0.1, 0.15) is 18.8 Å². The smallest absolute Gasteiger partial charge is 0.408 e. The van der Waals surface area contributed by atoms with E-state index in [0.29, 0.717) is 5.56 Å². The minimum absolute atomic E-state index is 0.173. The fourth-order valence-corrected chi connectivity index (χ4v) is 2.21. The van der Waals surface area contributed by atoms with Crippen LogP contribution in [-0.2, 0) is 20.9 Å². The van der Waals surface area contributed by atoms with Crippen molar-refractivity contribution < 1.29 is 41.4 Å². The van der Waals surface area contributed by atoms with Crippen LogP contribution < -0.4 is 10.1 Å². The predicted molar refractivity (Wildman–Crippen MR) is 99.0 cm³/mol. The summed E-state index contributed by atoms with van der Waals surface area (Å²) >= 11 is 0. The minimum Gasteiger partial charge on any atom is -0.485 e. The number of alkyl carbamates (subject to hydrolysis) is 1. The lowest BCUT2D eigenvalue weighted by Gasteiger charge is -2.23. The van der Waals surface area contributed by atoms with E-state index in [2.05, 4.69) is 10.3 Å². The average molecular weight is 444 g/mol. The number of nitrogens with one attached hydrogen (secondary N) is 1. The minimum atomic E-state index is -1.93. The van der Waals surface area contributed by atoms with Gasteiger partial charge in [0.2, 0.25) is 17.4 Å². The van der Waals surface area contributed by atoms with Crippen LogP contribution in [0.5, 0.6) is 5.75 Å². The Labute approximate surface area is 175 Å². The number of halogens is 4. The number of amides is 1. The molecule has 7 nitrogen and oxygen atoms in total. The average Bonchev–Trinajstić information content (AvgIpc) is 2.69. The number of hydrogen-bond acceptors (Lipinski definition) is 6. The molecular weight excluding hydrogens is 424 g/mol. The van der Waals surface area contributed by atoms with Crippen LogP contribution in [0.25, 0.3) is 0 Å². The fraction of sp³-hybridized carbons (Fsp3) is 0.350. The Kier molecular flexibility index (Phi) is 7.78. The maximum atomic E-state index is 13.8. The molecule has 0 aliphatic rings. The summed E-state index contributed by atoms with van der Waals surface area (Å²) in [5.74, 6) is -10.1. The van der Waals surface area contributed by atoms with Crippen molar-refractivity contribution in [1.29, 1.82) is 0 Å². The van der Waals surface area contributed by atoms with Gasteiger partial charge in [0.15, 0.2) is 6.04 Å². The van der Waals surface area contributed by atoms with Crippen LogP contribution in [0, 0.1) is 23.5 Å². The molecule has 0 saturated heterocycles. The van der Waals surface area contributed by atoms with Crippen molar-refractivity contribution in [1.82, 2.24) is 10.3 Å². The van der Waals surface area contributed by atoms with Crippen molar-refractivity contribution in [3.8, 4) is 5.75 Å². The largest absolute Gasteiger partial charge is 0.485 e. The van der Waals surface area contributed by atoms with Gasteiger partial charge in [0.25, 0.3) is 11.9 Å². The van der Waals surface area contributed by atoms with Crippen molar-refractivity contribution in [2.24, 2.45) is 0 Å². The van der Waals surface area contributed by atoms with E-state index >= 15 is 0 Å². The van der Waals surface area contributed by atoms with E-state index in [1.165, 1.54) is 0 Å². The van der Waals surface area contributed by atoms with Gasteiger partial charge in [-0.05, 0) is 26.3 Å². The molecule has 0 aliphatic carbocycles. The van der Waals surface area contributed by atoms with Crippen molar-refractivity contribution in [2.75, 3.05) is 6.61 Å². The lowest BCUT2D eigenvalue weighted by atomic mass is 10.2. The fourth-order valence-electron chi connectivity index (χ4n) is 2.21. The number of pyridine rings is 1. The SMILES string of the molecule is CC(C)(C)OC(=O)N[C@@H](COc1c(F)c(F)nc(F)c1F)C(=O)OCc1ccccc1. The predicted octanol–water partition coefficient (Wildman–Crippen LogP) is 3.65. The van der Waals surface area contributed by atoms with Gasteiger partial charge in [-0.3, -0.25) is 0 Å². The number of esters is 1. The molecule has 0 radical (unpaired) electrons. The van der Waals surface area contributed by atoms with E-state index in [1.54, 1.807) is 51.1 Å². The molecule has 0 bridgehead atoms. The third-order valence-electron chi connectivity index (χ3n) is 3.55. The number of carbonyl (C=O) groups excluding carboxylic acids is 2. The highest BCUT2D eigenvalue weighted by Gasteiger charge is 2.29. The van der Waals surface area contributed by atoms with Gasteiger partial charge in [0, 0.05) is 0 Å². The molecule has 168 valence electrons. The molecule has 1 aromatic heterocycles. The molecule has 0 unspecified atom stereocenters. The summed E-state index contributed by atoms with van der Waals surface area (Å²) in [4.78, 5) is 26.9. The number of rotatable bonds is 7. The number of aromatic nitrogens is 1. The maximum absolute atomic E-state index is 13.8. The molecule has 0 spiro atoms. The molecule has 1 aromatic carbocycles. The Morgan fingerprint density at radius 2 is 1.61 bits per heavy atom. The van der Waals surface area contributed by atoms with Gasteiger partial charge < -0.3 is 19.5 Å². The highest BCUT2D eigenvalue weighted by Crippen LogP contribution is 2.24. The van der Waals surface area contributed by atoms with Crippen LogP contribution in [0.1, 0.15) is 26.3 Å². The van der Waals surface area contributed by atoms with E-state index in [4.69, 9.17) is 14.2 Å². The topological polar surface area (TPSA) is 86.8 Å². The van der Waals surface area contributed by atoms with Gasteiger partial charge in [-0.1, -0.05) is 30.3 Å². The number of hydrogen-bond donors (Lipinski definition) is 1. The van der Waals surface area contributed by atoms with Crippen LogP contribution in [0.2, 0.25) is 0 Å². The number of benzene rings is 1. The standard InChI is InChI=1S/C20H20F4N2O5/c1-20(2,3)31-19(28)25-12(18(27)30-9-11-7-5-4-6-8-11)10-29-15-13(21)16(23)26-17(24)14(15)22/h4-8,12H,9-10H2,1-3H3,(H,25,28)/t12-/m0/s1. The van der Waals surface area contributed by atoms with Crippen molar-refractivity contribution in [3.05, 3.63) is 59.4 Å². The van der Waals surface area contributed by atoms with Gasteiger partial charge >= 0.3 is 12.1 Å². The number of nitrogens with zero attached hydrogens (tertiary/aromatic N) is 1. The van der Waals surface area contributed by atoms with E-state index < -0.39 is 59.6 Å². The van der Waals surface area contributed by atoms with Gasteiger partial charge in [-0.15, -0.1) is 0 Å². The Balaban J connectivity index is 2.15. The summed E-state index contributed by atoms with van der Waals surface area (Å²) in [6.07, 6.45) is -1.05. The van der Waals surface area contributed by atoms with Gasteiger partial charge in [0.05, 0.1) is 0 Å². The normalized spacial score (nSPS) is 12.1. The zero-order valence-electron chi connectivity index (χ0n) is 16.9. The molecule has 0 saturated carbocycles. The summed E-state index contributed by atoms with van der Waals surface area (Å²) in [6.45, 7) is 3.62. The molecule has 0 aliphatic heterocycles. The second-order valence-corrected chi connectivity index (χ2v) is 7.25. The molecule has 1 amide bonds. The van der Waals surface area contributed by atoms with E-state index in [1.807, 2.05) is 0 Å². The molecule has 1 heterocycles.